The SMILES string of the molecule is CCOc1ccc(NC(=O)CCCO)cc1CO. The molecule has 0 aromatic heterocycles. The number of amides is 1. The van der Waals surface area contributed by atoms with Gasteiger partial charge in [-0.25, -0.2) is 0 Å². The highest BCUT2D eigenvalue weighted by molar-refractivity contribution is 5.90. The number of rotatable bonds is 7. The lowest BCUT2D eigenvalue weighted by molar-refractivity contribution is -0.116. The van der Waals surface area contributed by atoms with Gasteiger partial charge in [-0.3, -0.25) is 4.79 Å². The molecule has 100 valence electrons. The van der Waals surface area contributed by atoms with Crippen LogP contribution in [-0.2, 0) is 11.4 Å². The predicted octanol–water partition coefficient (Wildman–Crippen LogP) is 1.29. The Balaban J connectivity index is 2.69. The monoisotopic (exact) mass is 253 g/mol. The van der Waals surface area contributed by atoms with E-state index in [2.05, 4.69) is 5.32 Å². The third-order valence-corrected chi connectivity index (χ3v) is 2.38. The van der Waals surface area contributed by atoms with E-state index in [4.69, 9.17) is 9.84 Å². The fourth-order valence-electron chi connectivity index (χ4n) is 1.54. The van der Waals surface area contributed by atoms with Crippen molar-refractivity contribution in [3.05, 3.63) is 23.8 Å². The third kappa shape index (κ3) is 4.35. The van der Waals surface area contributed by atoms with Crippen LogP contribution in [0.15, 0.2) is 18.2 Å². The summed E-state index contributed by atoms with van der Waals surface area (Å²) >= 11 is 0. The summed E-state index contributed by atoms with van der Waals surface area (Å²) in [6.07, 6.45) is 0.716. The maximum absolute atomic E-state index is 11.5. The lowest BCUT2D eigenvalue weighted by Gasteiger charge is -2.11. The highest BCUT2D eigenvalue weighted by Crippen LogP contribution is 2.23. The van der Waals surface area contributed by atoms with Crippen molar-refractivity contribution in [2.75, 3.05) is 18.5 Å². The van der Waals surface area contributed by atoms with E-state index in [0.717, 1.165) is 0 Å². The number of hydrogen-bond donors (Lipinski definition) is 3. The Hall–Kier alpha value is -1.59. The second-order valence-electron chi connectivity index (χ2n) is 3.79. The maximum atomic E-state index is 11.5. The van der Waals surface area contributed by atoms with Crippen molar-refractivity contribution < 1.29 is 19.7 Å². The van der Waals surface area contributed by atoms with Crippen LogP contribution in [0, 0.1) is 0 Å². The molecule has 0 bridgehead atoms. The molecule has 1 rings (SSSR count). The topological polar surface area (TPSA) is 78.8 Å². The number of aliphatic hydroxyl groups excluding tert-OH is 2. The van der Waals surface area contributed by atoms with E-state index in [1.165, 1.54) is 0 Å². The van der Waals surface area contributed by atoms with E-state index in [1.54, 1.807) is 18.2 Å². The standard InChI is InChI=1S/C13H19NO4/c1-2-18-12-6-5-11(8-10(12)9-16)14-13(17)4-3-7-15/h5-6,8,15-16H,2-4,7,9H2,1H3,(H,14,17). The van der Waals surface area contributed by atoms with Gasteiger partial charge in [-0.15, -0.1) is 0 Å². The molecule has 1 aromatic carbocycles. The maximum Gasteiger partial charge on any atom is 0.224 e. The molecule has 1 aromatic rings. The molecule has 1 amide bonds. The third-order valence-electron chi connectivity index (χ3n) is 2.38. The molecule has 0 spiro atoms. The normalized spacial score (nSPS) is 10.2. The Kier molecular flexibility index (Phi) is 6.18. The van der Waals surface area contributed by atoms with Crippen LogP contribution in [0.25, 0.3) is 0 Å². The first-order valence-electron chi connectivity index (χ1n) is 5.98. The average molecular weight is 253 g/mol. The molecule has 3 N–H and O–H groups in total. The van der Waals surface area contributed by atoms with Crippen molar-refractivity contribution in [3.8, 4) is 5.75 Å². The van der Waals surface area contributed by atoms with E-state index < -0.39 is 0 Å². The molecule has 0 heterocycles. The predicted molar refractivity (Wildman–Crippen MR) is 68.5 cm³/mol. The van der Waals surface area contributed by atoms with Gasteiger partial charge in [0.2, 0.25) is 5.91 Å². The number of ether oxygens (including phenoxy) is 1. The van der Waals surface area contributed by atoms with E-state index in [0.29, 0.717) is 30.0 Å². The Labute approximate surface area is 106 Å². The van der Waals surface area contributed by atoms with E-state index in [9.17, 15) is 9.90 Å². The Bertz CT molecular complexity index is 393. The number of nitrogens with one attached hydrogen (secondary N) is 1. The minimum atomic E-state index is -0.155. The summed E-state index contributed by atoms with van der Waals surface area (Å²) in [7, 11) is 0. The van der Waals surface area contributed by atoms with E-state index in [1.807, 2.05) is 6.92 Å². The number of carbonyl (C=O) groups is 1. The second-order valence-corrected chi connectivity index (χ2v) is 3.79. The van der Waals surface area contributed by atoms with Crippen LogP contribution in [0.1, 0.15) is 25.3 Å². The smallest absolute Gasteiger partial charge is 0.224 e. The lowest BCUT2D eigenvalue weighted by Crippen LogP contribution is -2.12. The summed E-state index contributed by atoms with van der Waals surface area (Å²) in [5.74, 6) is 0.463. The molecule has 18 heavy (non-hydrogen) atoms. The van der Waals surface area contributed by atoms with Crippen molar-refractivity contribution >= 4 is 11.6 Å². The Morgan fingerprint density at radius 3 is 2.78 bits per heavy atom. The van der Waals surface area contributed by atoms with E-state index >= 15 is 0 Å². The van der Waals surface area contributed by atoms with Crippen LogP contribution in [-0.4, -0.2) is 29.3 Å². The quantitative estimate of drug-likeness (QED) is 0.684. The molecule has 0 saturated heterocycles. The van der Waals surface area contributed by atoms with Crippen LogP contribution in [0.5, 0.6) is 5.75 Å². The molecule has 0 aliphatic heterocycles. The minimum Gasteiger partial charge on any atom is -0.494 e. The minimum absolute atomic E-state index is 0.00140. The first-order chi connectivity index (χ1) is 8.71. The van der Waals surface area contributed by atoms with Gasteiger partial charge in [-0.05, 0) is 31.5 Å². The zero-order chi connectivity index (χ0) is 13.4. The summed E-state index contributed by atoms with van der Waals surface area (Å²) < 4.78 is 5.35. The number of carbonyl (C=O) groups excluding carboxylic acids is 1. The number of aliphatic hydroxyl groups is 2. The van der Waals surface area contributed by atoms with Crippen molar-refractivity contribution in [3.63, 3.8) is 0 Å². The van der Waals surface area contributed by atoms with Gasteiger partial charge in [0.05, 0.1) is 13.2 Å². The zero-order valence-electron chi connectivity index (χ0n) is 10.5. The summed E-state index contributed by atoms with van der Waals surface area (Å²) in [6, 6.07) is 5.12. The Morgan fingerprint density at radius 1 is 1.39 bits per heavy atom. The highest BCUT2D eigenvalue weighted by atomic mass is 16.5. The highest BCUT2D eigenvalue weighted by Gasteiger charge is 2.06. The molecule has 0 radical (unpaired) electrons. The molecule has 0 saturated carbocycles. The van der Waals surface area contributed by atoms with Gasteiger partial charge in [0.15, 0.2) is 0 Å². The van der Waals surface area contributed by atoms with Gasteiger partial charge < -0.3 is 20.3 Å². The van der Waals surface area contributed by atoms with Crippen molar-refractivity contribution in [2.24, 2.45) is 0 Å². The van der Waals surface area contributed by atoms with Crippen LogP contribution < -0.4 is 10.1 Å². The van der Waals surface area contributed by atoms with E-state index in [-0.39, 0.29) is 25.5 Å². The van der Waals surface area contributed by atoms with Crippen LogP contribution in [0.2, 0.25) is 0 Å². The largest absolute Gasteiger partial charge is 0.494 e. The fraction of sp³-hybridized carbons (Fsp3) is 0.462. The van der Waals surface area contributed by atoms with Crippen molar-refractivity contribution in [1.82, 2.24) is 0 Å². The summed E-state index contributed by atoms with van der Waals surface area (Å²) in [4.78, 5) is 11.5. The van der Waals surface area contributed by atoms with Crippen LogP contribution >= 0.6 is 0 Å². The number of anilines is 1. The number of hydrogen-bond acceptors (Lipinski definition) is 4. The van der Waals surface area contributed by atoms with Gasteiger partial charge in [0, 0.05) is 24.3 Å². The van der Waals surface area contributed by atoms with Gasteiger partial charge in [0.25, 0.3) is 0 Å². The van der Waals surface area contributed by atoms with Gasteiger partial charge in [-0.2, -0.15) is 0 Å². The second kappa shape index (κ2) is 7.68. The molecule has 0 fully saturated rings. The summed E-state index contributed by atoms with van der Waals surface area (Å²) in [5.41, 5.74) is 1.25. The molecular formula is C13H19NO4. The number of benzene rings is 1. The lowest BCUT2D eigenvalue weighted by atomic mass is 10.2. The first-order valence-corrected chi connectivity index (χ1v) is 5.98. The fourth-order valence-corrected chi connectivity index (χ4v) is 1.54. The molecule has 0 atom stereocenters. The molecule has 0 unspecified atom stereocenters. The van der Waals surface area contributed by atoms with Gasteiger partial charge >= 0.3 is 0 Å². The van der Waals surface area contributed by atoms with Crippen molar-refractivity contribution in [1.29, 1.82) is 0 Å². The molecule has 5 nitrogen and oxygen atoms in total. The molecule has 0 aliphatic carbocycles. The van der Waals surface area contributed by atoms with Crippen molar-refractivity contribution in [2.45, 2.75) is 26.4 Å². The van der Waals surface area contributed by atoms with Gasteiger partial charge in [0.1, 0.15) is 5.75 Å². The summed E-state index contributed by atoms with van der Waals surface area (Å²) in [5, 5.41) is 20.6. The first kappa shape index (κ1) is 14.5. The van der Waals surface area contributed by atoms with Gasteiger partial charge in [-0.1, -0.05) is 0 Å². The Morgan fingerprint density at radius 2 is 2.17 bits per heavy atom. The van der Waals surface area contributed by atoms with Crippen LogP contribution in [0.3, 0.4) is 0 Å². The average Bonchev–Trinajstić information content (AvgIpc) is 2.38. The zero-order valence-corrected chi connectivity index (χ0v) is 10.5. The molecule has 0 aliphatic rings. The summed E-state index contributed by atoms with van der Waals surface area (Å²) in [6.45, 7) is 2.25. The molecule has 5 heteroatoms. The molecular weight excluding hydrogens is 234 g/mol. The van der Waals surface area contributed by atoms with Crippen LogP contribution in [0.4, 0.5) is 5.69 Å².